The standard InChI is InChI=1S/C22H15Cl3N2O/c23-14-7-9-21-17(10-14)20-12-19(13-4-2-1-3-5-13)26-27(20)22(28-21)16-8-6-15(24)11-18(16)25/h1-11,20,22H,12H2/t20-,22-/m1/s1. The van der Waals surface area contributed by atoms with Crippen LogP contribution in [0.25, 0.3) is 0 Å². The minimum absolute atomic E-state index is 0.0226. The van der Waals surface area contributed by atoms with E-state index in [0.29, 0.717) is 15.1 Å². The normalized spacial score (nSPS) is 20.2. The molecular formula is C22H15Cl3N2O. The molecule has 2 aliphatic heterocycles. The van der Waals surface area contributed by atoms with Gasteiger partial charge in [0.2, 0.25) is 6.23 Å². The second-order valence-electron chi connectivity index (χ2n) is 6.83. The summed E-state index contributed by atoms with van der Waals surface area (Å²) in [5, 5.41) is 8.72. The second kappa shape index (κ2) is 7.00. The third-order valence-corrected chi connectivity index (χ3v) is 5.88. The SMILES string of the molecule is Clc1ccc([C@H]2Oc3ccc(Cl)cc3[C@H]3CC(c4ccccc4)=NN32)c(Cl)c1. The average Bonchev–Trinajstić information content (AvgIpc) is 3.14. The van der Waals surface area contributed by atoms with Crippen LogP contribution in [0.1, 0.15) is 35.4 Å². The molecule has 0 unspecified atom stereocenters. The van der Waals surface area contributed by atoms with Crippen LogP contribution in [0.3, 0.4) is 0 Å². The molecule has 0 aromatic heterocycles. The molecule has 0 saturated heterocycles. The van der Waals surface area contributed by atoms with E-state index in [9.17, 15) is 0 Å². The van der Waals surface area contributed by atoms with Crippen LogP contribution in [0, 0.1) is 0 Å². The van der Waals surface area contributed by atoms with Gasteiger partial charge in [-0.05, 0) is 35.9 Å². The minimum atomic E-state index is -0.440. The van der Waals surface area contributed by atoms with Crippen molar-refractivity contribution in [1.82, 2.24) is 5.01 Å². The fraction of sp³-hybridized carbons (Fsp3) is 0.136. The molecule has 28 heavy (non-hydrogen) atoms. The Morgan fingerprint density at radius 3 is 2.39 bits per heavy atom. The van der Waals surface area contributed by atoms with Crippen LogP contribution in [-0.4, -0.2) is 10.7 Å². The van der Waals surface area contributed by atoms with Crippen LogP contribution >= 0.6 is 34.8 Å². The first kappa shape index (κ1) is 17.9. The van der Waals surface area contributed by atoms with Gasteiger partial charge < -0.3 is 4.74 Å². The summed E-state index contributed by atoms with van der Waals surface area (Å²) in [7, 11) is 0. The van der Waals surface area contributed by atoms with Gasteiger partial charge in [-0.25, -0.2) is 5.01 Å². The lowest BCUT2D eigenvalue weighted by Gasteiger charge is -2.38. The zero-order valence-electron chi connectivity index (χ0n) is 14.6. The van der Waals surface area contributed by atoms with Crippen molar-refractivity contribution < 1.29 is 4.74 Å². The number of halogens is 3. The second-order valence-corrected chi connectivity index (χ2v) is 8.11. The molecule has 3 aromatic carbocycles. The highest BCUT2D eigenvalue weighted by atomic mass is 35.5. The van der Waals surface area contributed by atoms with Gasteiger partial charge in [-0.1, -0.05) is 71.2 Å². The van der Waals surface area contributed by atoms with Gasteiger partial charge in [0.15, 0.2) is 0 Å². The first-order chi connectivity index (χ1) is 13.6. The smallest absolute Gasteiger partial charge is 0.215 e. The fourth-order valence-electron chi connectivity index (χ4n) is 3.77. The van der Waals surface area contributed by atoms with Crippen molar-refractivity contribution >= 4 is 40.5 Å². The molecule has 0 spiro atoms. The molecule has 3 aromatic rings. The maximum Gasteiger partial charge on any atom is 0.215 e. The predicted octanol–water partition coefficient (Wildman–Crippen LogP) is 6.89. The number of hydrazone groups is 1. The van der Waals surface area contributed by atoms with Crippen molar-refractivity contribution in [1.29, 1.82) is 0 Å². The summed E-state index contributed by atoms with van der Waals surface area (Å²) in [6.07, 6.45) is 0.326. The molecule has 2 heterocycles. The van der Waals surface area contributed by atoms with Crippen molar-refractivity contribution in [2.75, 3.05) is 0 Å². The quantitative estimate of drug-likeness (QED) is 0.443. The van der Waals surface area contributed by atoms with Crippen LogP contribution in [0.15, 0.2) is 71.8 Å². The summed E-state index contributed by atoms with van der Waals surface area (Å²) in [6, 6.07) is 21.3. The number of benzene rings is 3. The number of fused-ring (bicyclic) bond motifs is 3. The average molecular weight is 430 g/mol. The highest BCUT2D eigenvalue weighted by Gasteiger charge is 2.41. The van der Waals surface area contributed by atoms with Gasteiger partial charge in [-0.3, -0.25) is 0 Å². The predicted molar refractivity (Wildman–Crippen MR) is 113 cm³/mol. The van der Waals surface area contributed by atoms with E-state index in [1.54, 1.807) is 6.07 Å². The lowest BCUT2D eigenvalue weighted by Crippen LogP contribution is -2.33. The molecule has 2 atom stereocenters. The zero-order chi connectivity index (χ0) is 19.3. The summed E-state index contributed by atoms with van der Waals surface area (Å²) < 4.78 is 6.32. The zero-order valence-corrected chi connectivity index (χ0v) is 16.9. The molecule has 0 amide bonds. The highest BCUT2D eigenvalue weighted by molar-refractivity contribution is 6.35. The Balaban J connectivity index is 1.63. The number of ether oxygens (including phenoxy) is 1. The molecular weight excluding hydrogens is 415 g/mol. The molecule has 2 aliphatic rings. The van der Waals surface area contributed by atoms with E-state index in [1.807, 2.05) is 53.5 Å². The lowest BCUT2D eigenvalue weighted by atomic mass is 9.96. The van der Waals surface area contributed by atoms with E-state index in [-0.39, 0.29) is 6.04 Å². The van der Waals surface area contributed by atoms with Crippen LogP contribution in [0.4, 0.5) is 0 Å². The molecule has 5 rings (SSSR count). The number of hydrogen-bond donors (Lipinski definition) is 0. The molecule has 6 heteroatoms. The van der Waals surface area contributed by atoms with E-state index in [0.717, 1.165) is 34.6 Å². The van der Waals surface area contributed by atoms with E-state index >= 15 is 0 Å². The minimum Gasteiger partial charge on any atom is -0.464 e. The van der Waals surface area contributed by atoms with Gasteiger partial charge >= 0.3 is 0 Å². The number of nitrogens with zero attached hydrogens (tertiary/aromatic N) is 2. The molecule has 3 nitrogen and oxygen atoms in total. The van der Waals surface area contributed by atoms with Gasteiger partial charge in [0.05, 0.1) is 16.8 Å². The van der Waals surface area contributed by atoms with Gasteiger partial charge in [-0.2, -0.15) is 5.10 Å². The number of rotatable bonds is 2. The van der Waals surface area contributed by atoms with Crippen molar-refractivity contribution in [3.63, 3.8) is 0 Å². The summed E-state index contributed by atoms with van der Waals surface area (Å²) >= 11 is 18.9. The van der Waals surface area contributed by atoms with Gasteiger partial charge in [0, 0.05) is 27.6 Å². The van der Waals surface area contributed by atoms with Crippen LogP contribution < -0.4 is 4.74 Å². The Morgan fingerprint density at radius 2 is 1.61 bits per heavy atom. The summed E-state index contributed by atoms with van der Waals surface area (Å²) in [5.41, 5.74) is 3.97. The maximum absolute atomic E-state index is 6.50. The van der Waals surface area contributed by atoms with Gasteiger partial charge in [0.25, 0.3) is 0 Å². The Kier molecular flexibility index (Phi) is 4.47. The molecule has 0 fully saturated rings. The first-order valence-electron chi connectivity index (χ1n) is 8.92. The lowest BCUT2D eigenvalue weighted by molar-refractivity contribution is -0.0189. The summed E-state index contributed by atoms with van der Waals surface area (Å²) in [6.45, 7) is 0. The van der Waals surface area contributed by atoms with E-state index in [1.165, 1.54) is 0 Å². The van der Waals surface area contributed by atoms with Crippen LogP contribution in [-0.2, 0) is 0 Å². The highest BCUT2D eigenvalue weighted by Crippen LogP contribution is 2.49. The van der Waals surface area contributed by atoms with Gasteiger partial charge in [0.1, 0.15) is 5.75 Å². The Bertz CT molecular complexity index is 1080. The maximum atomic E-state index is 6.50. The summed E-state index contributed by atoms with van der Waals surface area (Å²) in [4.78, 5) is 0. The largest absolute Gasteiger partial charge is 0.464 e. The van der Waals surface area contributed by atoms with Gasteiger partial charge in [-0.15, -0.1) is 0 Å². The van der Waals surface area contributed by atoms with Crippen LogP contribution in [0.5, 0.6) is 5.75 Å². The molecule has 140 valence electrons. The Morgan fingerprint density at radius 1 is 0.857 bits per heavy atom. The molecule has 0 saturated carbocycles. The fourth-order valence-corrected chi connectivity index (χ4v) is 4.45. The summed E-state index contributed by atoms with van der Waals surface area (Å²) in [5.74, 6) is 0.797. The topological polar surface area (TPSA) is 24.8 Å². The monoisotopic (exact) mass is 428 g/mol. The molecule has 0 N–H and O–H groups in total. The number of hydrogen-bond acceptors (Lipinski definition) is 3. The van der Waals surface area contributed by atoms with Crippen molar-refractivity contribution in [3.8, 4) is 5.75 Å². The molecule has 0 aliphatic carbocycles. The van der Waals surface area contributed by atoms with Crippen molar-refractivity contribution in [2.45, 2.75) is 18.7 Å². The van der Waals surface area contributed by atoms with E-state index in [2.05, 4.69) is 12.1 Å². The third kappa shape index (κ3) is 3.04. The Labute approximate surface area is 178 Å². The van der Waals surface area contributed by atoms with Crippen molar-refractivity contribution in [3.05, 3.63) is 98.5 Å². The first-order valence-corrected chi connectivity index (χ1v) is 10.1. The Hall–Kier alpha value is -2.20. The van der Waals surface area contributed by atoms with Crippen molar-refractivity contribution in [2.24, 2.45) is 5.10 Å². The molecule has 0 bridgehead atoms. The van der Waals surface area contributed by atoms with E-state index < -0.39 is 6.23 Å². The molecule has 0 radical (unpaired) electrons. The van der Waals surface area contributed by atoms with Crippen LogP contribution in [0.2, 0.25) is 15.1 Å². The van der Waals surface area contributed by atoms with E-state index in [4.69, 9.17) is 44.6 Å². The third-order valence-electron chi connectivity index (χ3n) is 5.09.